The second-order valence-corrected chi connectivity index (χ2v) is 9.29. The maximum atomic E-state index is 12.6. The summed E-state index contributed by atoms with van der Waals surface area (Å²) in [6, 6.07) is 7.49. The number of aromatic nitrogens is 4. The number of hydrogen-bond donors (Lipinski definition) is 2. The van der Waals surface area contributed by atoms with Crippen molar-refractivity contribution in [1.29, 1.82) is 5.26 Å². The van der Waals surface area contributed by atoms with E-state index in [9.17, 15) is 10.1 Å². The van der Waals surface area contributed by atoms with E-state index in [0.717, 1.165) is 46.4 Å². The van der Waals surface area contributed by atoms with Crippen molar-refractivity contribution in [2.75, 3.05) is 24.1 Å². The number of anilines is 2. The summed E-state index contributed by atoms with van der Waals surface area (Å²) >= 11 is 1.43. The van der Waals surface area contributed by atoms with E-state index < -0.39 is 0 Å². The Kier molecular flexibility index (Phi) is 5.40. The van der Waals surface area contributed by atoms with E-state index in [2.05, 4.69) is 31.0 Å². The lowest BCUT2D eigenvalue weighted by molar-refractivity contribution is 0.102. The number of carbonyl (C=O) groups excluding carboxylic acids is 1. The van der Waals surface area contributed by atoms with E-state index >= 15 is 0 Å². The molecule has 33 heavy (non-hydrogen) atoms. The highest BCUT2D eigenvalue weighted by atomic mass is 32.1. The predicted octanol–water partition coefficient (Wildman–Crippen LogP) is 3.82. The van der Waals surface area contributed by atoms with Gasteiger partial charge in [-0.2, -0.15) is 5.26 Å². The van der Waals surface area contributed by atoms with Gasteiger partial charge >= 0.3 is 0 Å². The molecule has 9 nitrogen and oxygen atoms in total. The van der Waals surface area contributed by atoms with Crippen LogP contribution in [0.1, 0.15) is 34.1 Å². The minimum Gasteiger partial charge on any atom is -0.383 e. The van der Waals surface area contributed by atoms with Crippen LogP contribution in [-0.2, 0) is 0 Å². The number of rotatable bonds is 4. The highest BCUT2D eigenvalue weighted by Crippen LogP contribution is 2.36. The number of nitriles is 1. The molecular formula is C23H22N8OS. The Hall–Kier alpha value is -3.97. The first-order valence-corrected chi connectivity index (χ1v) is 11.4. The number of amides is 1. The van der Waals surface area contributed by atoms with Crippen molar-refractivity contribution in [3.8, 4) is 17.3 Å². The number of likely N-dealkylation sites (tertiary alicyclic amines) is 1. The molecule has 1 saturated heterocycles. The Morgan fingerprint density at radius 2 is 2.09 bits per heavy atom. The standard InChI is InChI=1S/C23H22N8OS/c1-14-9-26-23(33-14)29-22(32)16-6-4-15(5-7-16)18-11-31(17-3-2-8-30(10-17)12-24)21-19(18)20(25)27-13-28-21/h4-7,9,11,13,17H,2-3,8,10H2,1H3,(H2,25,27,28)(H,26,29,32). The summed E-state index contributed by atoms with van der Waals surface area (Å²) in [4.78, 5) is 28.3. The van der Waals surface area contributed by atoms with Crippen LogP contribution in [0.15, 0.2) is 43.0 Å². The molecule has 3 N–H and O–H groups in total. The molecule has 1 unspecified atom stereocenters. The minimum absolute atomic E-state index is 0.121. The number of thiazole rings is 1. The number of nitrogen functional groups attached to an aromatic ring is 1. The second-order valence-electron chi connectivity index (χ2n) is 8.06. The van der Waals surface area contributed by atoms with Crippen molar-refractivity contribution in [2.24, 2.45) is 0 Å². The molecule has 5 rings (SSSR count). The number of aryl methyl sites for hydroxylation is 1. The van der Waals surface area contributed by atoms with Crippen molar-refractivity contribution < 1.29 is 4.79 Å². The third-order valence-electron chi connectivity index (χ3n) is 5.87. The van der Waals surface area contributed by atoms with Gasteiger partial charge in [0.25, 0.3) is 5.91 Å². The van der Waals surface area contributed by atoms with E-state index in [1.807, 2.05) is 25.3 Å². The first-order valence-electron chi connectivity index (χ1n) is 10.6. The van der Waals surface area contributed by atoms with Gasteiger partial charge in [-0.25, -0.2) is 15.0 Å². The number of hydrogen-bond acceptors (Lipinski definition) is 8. The van der Waals surface area contributed by atoms with E-state index in [1.165, 1.54) is 17.7 Å². The molecule has 0 radical (unpaired) electrons. The fourth-order valence-corrected chi connectivity index (χ4v) is 4.92. The van der Waals surface area contributed by atoms with Crippen LogP contribution in [0.5, 0.6) is 0 Å². The van der Waals surface area contributed by atoms with Gasteiger partial charge in [0, 0.05) is 41.5 Å². The molecule has 10 heteroatoms. The molecular weight excluding hydrogens is 436 g/mol. The van der Waals surface area contributed by atoms with Gasteiger partial charge in [0.1, 0.15) is 17.8 Å². The molecule has 1 aliphatic rings. The SMILES string of the molecule is Cc1cnc(NC(=O)c2ccc(-c3cn(C4CCCN(C#N)C4)c4ncnc(N)c34)cc2)s1. The molecule has 0 saturated carbocycles. The van der Waals surface area contributed by atoms with Gasteiger partial charge in [-0.1, -0.05) is 12.1 Å². The van der Waals surface area contributed by atoms with Crippen molar-refractivity contribution in [1.82, 2.24) is 24.4 Å². The van der Waals surface area contributed by atoms with Crippen LogP contribution in [0.2, 0.25) is 0 Å². The Bertz CT molecular complexity index is 1370. The first-order chi connectivity index (χ1) is 16.0. The van der Waals surface area contributed by atoms with Gasteiger partial charge in [-0.05, 0) is 37.5 Å². The number of carbonyl (C=O) groups is 1. The van der Waals surface area contributed by atoms with Gasteiger partial charge in [0.15, 0.2) is 11.3 Å². The van der Waals surface area contributed by atoms with Gasteiger partial charge in [-0.3, -0.25) is 10.1 Å². The summed E-state index contributed by atoms with van der Waals surface area (Å²) in [5.74, 6) is 0.197. The second kappa shape index (κ2) is 8.52. The van der Waals surface area contributed by atoms with Crippen LogP contribution in [0.25, 0.3) is 22.2 Å². The van der Waals surface area contributed by atoms with E-state index in [-0.39, 0.29) is 11.9 Å². The molecule has 1 fully saturated rings. The normalized spacial score (nSPS) is 16.0. The quantitative estimate of drug-likeness (QED) is 0.445. The molecule has 3 aromatic heterocycles. The summed E-state index contributed by atoms with van der Waals surface area (Å²) in [5.41, 5.74) is 9.37. The van der Waals surface area contributed by atoms with Crippen LogP contribution < -0.4 is 11.1 Å². The van der Waals surface area contributed by atoms with Crippen molar-refractivity contribution in [3.05, 3.63) is 53.4 Å². The van der Waals surface area contributed by atoms with Crippen LogP contribution in [0.4, 0.5) is 10.9 Å². The summed E-state index contributed by atoms with van der Waals surface area (Å²) in [5, 5.41) is 13.5. The molecule has 0 aliphatic carbocycles. The monoisotopic (exact) mass is 458 g/mol. The number of fused-ring (bicyclic) bond motifs is 1. The molecule has 1 amide bonds. The minimum atomic E-state index is -0.208. The van der Waals surface area contributed by atoms with Crippen LogP contribution >= 0.6 is 11.3 Å². The number of nitrogens with zero attached hydrogens (tertiary/aromatic N) is 6. The Labute approximate surface area is 194 Å². The molecule has 166 valence electrons. The fraction of sp³-hybridized carbons (Fsp3) is 0.261. The van der Waals surface area contributed by atoms with Gasteiger partial charge in [0.05, 0.1) is 11.4 Å². The summed E-state index contributed by atoms with van der Waals surface area (Å²) in [6.45, 7) is 3.36. The van der Waals surface area contributed by atoms with Crippen molar-refractivity contribution in [3.63, 3.8) is 0 Å². The molecule has 1 aliphatic heterocycles. The molecule has 4 aromatic rings. The van der Waals surface area contributed by atoms with Gasteiger partial charge in [-0.15, -0.1) is 11.3 Å². The Balaban J connectivity index is 1.48. The molecule has 1 aromatic carbocycles. The van der Waals surface area contributed by atoms with Gasteiger partial charge < -0.3 is 15.2 Å². The zero-order chi connectivity index (χ0) is 22.9. The first kappa shape index (κ1) is 20.9. The molecule has 0 bridgehead atoms. The highest BCUT2D eigenvalue weighted by Gasteiger charge is 2.25. The average molecular weight is 459 g/mol. The van der Waals surface area contributed by atoms with E-state index in [0.29, 0.717) is 23.1 Å². The molecule has 4 heterocycles. The smallest absolute Gasteiger partial charge is 0.257 e. The zero-order valence-corrected chi connectivity index (χ0v) is 18.8. The molecule has 1 atom stereocenters. The third kappa shape index (κ3) is 3.99. The number of nitrogens with one attached hydrogen (secondary N) is 1. The lowest BCUT2D eigenvalue weighted by atomic mass is 10.0. The van der Waals surface area contributed by atoms with Gasteiger partial charge in [0.2, 0.25) is 0 Å². The average Bonchev–Trinajstić information content (AvgIpc) is 3.43. The maximum Gasteiger partial charge on any atom is 0.257 e. The predicted molar refractivity (Wildman–Crippen MR) is 128 cm³/mol. The van der Waals surface area contributed by atoms with E-state index in [4.69, 9.17) is 5.73 Å². The zero-order valence-electron chi connectivity index (χ0n) is 18.0. The number of nitrogens with two attached hydrogens (primary N) is 1. The van der Waals surface area contributed by atoms with Crippen LogP contribution in [-0.4, -0.2) is 43.4 Å². The lowest BCUT2D eigenvalue weighted by Gasteiger charge is -2.30. The number of benzene rings is 1. The highest BCUT2D eigenvalue weighted by molar-refractivity contribution is 7.15. The summed E-state index contributed by atoms with van der Waals surface area (Å²) in [7, 11) is 0. The topological polar surface area (TPSA) is 126 Å². The third-order valence-corrected chi connectivity index (χ3v) is 6.70. The van der Waals surface area contributed by atoms with E-state index in [1.54, 1.807) is 23.2 Å². The van der Waals surface area contributed by atoms with Crippen molar-refractivity contribution >= 4 is 39.2 Å². The fourth-order valence-electron chi connectivity index (χ4n) is 4.26. The maximum absolute atomic E-state index is 12.6. The van der Waals surface area contributed by atoms with Crippen LogP contribution in [0, 0.1) is 18.4 Å². The van der Waals surface area contributed by atoms with Crippen molar-refractivity contribution in [2.45, 2.75) is 25.8 Å². The Morgan fingerprint density at radius 1 is 1.27 bits per heavy atom. The summed E-state index contributed by atoms with van der Waals surface area (Å²) < 4.78 is 2.11. The van der Waals surface area contributed by atoms with Crippen LogP contribution in [0.3, 0.4) is 0 Å². The largest absolute Gasteiger partial charge is 0.383 e. The Morgan fingerprint density at radius 3 is 2.82 bits per heavy atom. The molecule has 0 spiro atoms. The lowest BCUT2D eigenvalue weighted by Crippen LogP contribution is -2.33. The number of piperidine rings is 1. The summed E-state index contributed by atoms with van der Waals surface area (Å²) in [6.07, 6.45) is 9.39.